The second-order valence-corrected chi connectivity index (χ2v) is 8.59. The van der Waals surface area contributed by atoms with Crippen LogP contribution in [0.25, 0.3) is 6.08 Å². The van der Waals surface area contributed by atoms with Crippen LogP contribution in [0.3, 0.4) is 0 Å². The smallest absolute Gasteiger partial charge is 0.286 e. The number of amidine groups is 1. The molecule has 1 N–H and O–H groups in total. The topological polar surface area (TPSA) is 77.0 Å². The Kier molecular flexibility index (Phi) is 7.20. The minimum atomic E-state index is -0.393. The molecular formula is C20H16ClIN2O4S. The summed E-state index contributed by atoms with van der Waals surface area (Å²) in [4.78, 5) is 27.5. The molecule has 0 radical (unpaired) electrons. The molecule has 3 rings (SSSR count). The van der Waals surface area contributed by atoms with Gasteiger partial charge in [-0.3, -0.25) is 9.59 Å². The van der Waals surface area contributed by atoms with E-state index in [1.165, 1.54) is 6.92 Å². The Morgan fingerprint density at radius 1 is 1.31 bits per heavy atom. The van der Waals surface area contributed by atoms with Crippen molar-refractivity contribution in [1.82, 2.24) is 5.32 Å². The summed E-state index contributed by atoms with van der Waals surface area (Å²) in [6.45, 7) is 1.73. The quantitative estimate of drug-likeness (QED) is 0.440. The number of nitrogens with one attached hydrogen (secondary N) is 1. The van der Waals surface area contributed by atoms with Crippen LogP contribution in [-0.2, 0) is 16.2 Å². The number of hydrogen-bond acceptors (Lipinski definition) is 5. The third kappa shape index (κ3) is 5.74. The minimum absolute atomic E-state index is 0.274. The fraction of sp³-hybridized carbons (Fsp3) is 0.150. The van der Waals surface area contributed by atoms with Gasteiger partial charge in [0.25, 0.3) is 5.91 Å². The van der Waals surface area contributed by atoms with Gasteiger partial charge in [-0.2, -0.15) is 4.99 Å². The molecule has 29 heavy (non-hydrogen) atoms. The number of carbonyl (C=O) groups excluding carboxylic acids is 2. The predicted octanol–water partition coefficient (Wildman–Crippen LogP) is 4.64. The van der Waals surface area contributed by atoms with Gasteiger partial charge in [0.1, 0.15) is 6.61 Å². The summed E-state index contributed by atoms with van der Waals surface area (Å²) in [5.41, 5.74) is 1.74. The molecule has 1 aliphatic rings. The van der Waals surface area contributed by atoms with E-state index in [4.69, 9.17) is 21.1 Å². The van der Waals surface area contributed by atoms with Crippen molar-refractivity contribution in [3.05, 3.63) is 61.0 Å². The van der Waals surface area contributed by atoms with Crippen molar-refractivity contribution < 1.29 is 19.1 Å². The van der Waals surface area contributed by atoms with E-state index in [1.54, 1.807) is 19.3 Å². The second kappa shape index (κ2) is 9.64. The number of benzene rings is 2. The van der Waals surface area contributed by atoms with E-state index in [1.807, 2.05) is 30.3 Å². The van der Waals surface area contributed by atoms with Crippen molar-refractivity contribution in [2.45, 2.75) is 13.5 Å². The summed E-state index contributed by atoms with van der Waals surface area (Å²) in [6.07, 6.45) is 1.71. The lowest BCUT2D eigenvalue weighted by atomic mass is 10.2. The molecule has 150 valence electrons. The van der Waals surface area contributed by atoms with Crippen LogP contribution in [0, 0.1) is 3.57 Å². The predicted molar refractivity (Wildman–Crippen MR) is 123 cm³/mol. The first-order chi connectivity index (χ1) is 13.9. The van der Waals surface area contributed by atoms with Crippen LogP contribution in [0.4, 0.5) is 0 Å². The third-order valence-corrected chi connectivity index (χ3v) is 5.70. The summed E-state index contributed by atoms with van der Waals surface area (Å²) in [7, 11) is 1.56. The van der Waals surface area contributed by atoms with E-state index >= 15 is 0 Å². The standard InChI is InChI=1S/C20H16ClIN2O4S/c1-11(25)23-20-24-19(26)17(29-20)9-13-7-15(22)18(16(8-13)27-2)28-10-12-3-5-14(21)6-4-12/h3-9H,10H2,1-2H3,(H,23,24,25,26)/b17-9-. The van der Waals surface area contributed by atoms with Crippen molar-refractivity contribution in [3.8, 4) is 11.5 Å². The molecule has 0 saturated heterocycles. The Hall–Kier alpha value is -2.04. The fourth-order valence-electron chi connectivity index (χ4n) is 2.46. The number of amides is 2. The van der Waals surface area contributed by atoms with E-state index in [0.29, 0.717) is 28.0 Å². The van der Waals surface area contributed by atoms with Gasteiger partial charge in [-0.25, -0.2) is 0 Å². The number of hydrogen-bond donors (Lipinski definition) is 1. The summed E-state index contributed by atoms with van der Waals surface area (Å²) < 4.78 is 12.3. The summed E-state index contributed by atoms with van der Waals surface area (Å²) in [5.74, 6) is 0.501. The molecule has 2 aromatic carbocycles. The SMILES string of the molecule is COc1cc(/C=C2\SC(NC(C)=O)=NC2=O)cc(I)c1OCc1ccc(Cl)cc1. The fourth-order valence-corrected chi connectivity index (χ4v) is 4.23. The molecule has 1 heterocycles. The van der Waals surface area contributed by atoms with Gasteiger partial charge in [0.05, 0.1) is 15.6 Å². The summed E-state index contributed by atoms with van der Waals surface area (Å²) in [5, 5.41) is 3.47. The van der Waals surface area contributed by atoms with Crippen molar-refractivity contribution in [1.29, 1.82) is 0 Å². The van der Waals surface area contributed by atoms with Crippen LogP contribution in [0.2, 0.25) is 5.02 Å². The lowest BCUT2D eigenvalue weighted by Gasteiger charge is -2.14. The van der Waals surface area contributed by atoms with Gasteiger partial charge < -0.3 is 14.8 Å². The molecule has 0 fully saturated rings. The van der Waals surface area contributed by atoms with Gasteiger partial charge in [0, 0.05) is 11.9 Å². The largest absolute Gasteiger partial charge is 0.493 e. The van der Waals surface area contributed by atoms with Crippen LogP contribution >= 0.6 is 46.0 Å². The molecule has 0 aromatic heterocycles. The van der Waals surface area contributed by atoms with Gasteiger partial charge in [-0.05, 0) is 75.8 Å². The lowest BCUT2D eigenvalue weighted by Crippen LogP contribution is -2.23. The first-order valence-electron chi connectivity index (χ1n) is 8.40. The Morgan fingerprint density at radius 3 is 2.69 bits per heavy atom. The van der Waals surface area contributed by atoms with Crippen molar-refractivity contribution in [2.24, 2.45) is 4.99 Å². The first kappa shape index (κ1) is 21.7. The number of halogens is 2. The number of aliphatic imine (C=N–C) groups is 1. The molecule has 9 heteroatoms. The van der Waals surface area contributed by atoms with E-state index in [-0.39, 0.29) is 11.1 Å². The van der Waals surface area contributed by atoms with Gasteiger partial charge in [0.2, 0.25) is 5.91 Å². The second-order valence-electron chi connectivity index (χ2n) is 5.96. The zero-order valence-electron chi connectivity index (χ0n) is 15.5. The van der Waals surface area contributed by atoms with Gasteiger partial charge >= 0.3 is 0 Å². The highest BCUT2D eigenvalue weighted by atomic mass is 127. The monoisotopic (exact) mass is 542 g/mol. The Bertz CT molecular complexity index is 1020. The number of ether oxygens (including phenoxy) is 2. The van der Waals surface area contributed by atoms with Crippen LogP contribution < -0.4 is 14.8 Å². The molecule has 0 spiro atoms. The van der Waals surface area contributed by atoms with Crippen LogP contribution in [-0.4, -0.2) is 24.1 Å². The van der Waals surface area contributed by atoms with Gasteiger partial charge in [-0.15, -0.1) is 0 Å². The number of thioether (sulfide) groups is 1. The average Bonchev–Trinajstić information content (AvgIpc) is 2.99. The van der Waals surface area contributed by atoms with Crippen molar-refractivity contribution in [3.63, 3.8) is 0 Å². The maximum absolute atomic E-state index is 12.1. The summed E-state index contributed by atoms with van der Waals surface area (Å²) >= 11 is 9.19. The number of carbonyl (C=O) groups is 2. The van der Waals surface area contributed by atoms with Gasteiger partial charge in [0.15, 0.2) is 16.7 Å². The Morgan fingerprint density at radius 2 is 2.03 bits per heavy atom. The third-order valence-electron chi connectivity index (χ3n) is 3.75. The van der Waals surface area contributed by atoms with E-state index in [0.717, 1.165) is 26.5 Å². The highest BCUT2D eigenvalue weighted by molar-refractivity contribution is 14.1. The summed E-state index contributed by atoms with van der Waals surface area (Å²) in [6, 6.07) is 11.1. The van der Waals surface area contributed by atoms with E-state index in [2.05, 4.69) is 32.9 Å². The average molecular weight is 543 g/mol. The first-order valence-corrected chi connectivity index (χ1v) is 10.7. The van der Waals surface area contributed by atoms with Crippen LogP contribution in [0.5, 0.6) is 11.5 Å². The van der Waals surface area contributed by atoms with E-state index < -0.39 is 5.91 Å². The molecule has 0 saturated carbocycles. The number of rotatable bonds is 5. The Balaban J connectivity index is 1.79. The Labute approximate surface area is 190 Å². The maximum Gasteiger partial charge on any atom is 0.286 e. The van der Waals surface area contributed by atoms with Crippen LogP contribution in [0.15, 0.2) is 46.3 Å². The number of methoxy groups -OCH3 is 1. The highest BCUT2D eigenvalue weighted by Crippen LogP contribution is 2.36. The molecule has 1 aliphatic heterocycles. The van der Waals surface area contributed by atoms with Crippen molar-refractivity contribution in [2.75, 3.05) is 7.11 Å². The molecular weight excluding hydrogens is 527 g/mol. The van der Waals surface area contributed by atoms with Gasteiger partial charge in [-0.1, -0.05) is 23.7 Å². The lowest BCUT2D eigenvalue weighted by molar-refractivity contribution is -0.117. The molecule has 0 aliphatic carbocycles. The minimum Gasteiger partial charge on any atom is -0.493 e. The molecule has 0 atom stereocenters. The molecule has 0 bridgehead atoms. The highest BCUT2D eigenvalue weighted by Gasteiger charge is 2.23. The van der Waals surface area contributed by atoms with Crippen molar-refractivity contribution >= 4 is 69.0 Å². The normalized spacial score (nSPS) is 14.7. The molecule has 2 aromatic rings. The molecule has 2 amide bonds. The van der Waals surface area contributed by atoms with Crippen LogP contribution in [0.1, 0.15) is 18.1 Å². The zero-order valence-corrected chi connectivity index (χ0v) is 19.2. The molecule has 0 unspecified atom stereocenters. The zero-order chi connectivity index (χ0) is 21.0. The number of nitrogens with zero attached hydrogens (tertiary/aromatic N) is 1. The molecule has 6 nitrogen and oxygen atoms in total. The van der Waals surface area contributed by atoms with E-state index in [9.17, 15) is 9.59 Å². The maximum atomic E-state index is 12.1.